The Morgan fingerprint density at radius 3 is 2.80 bits per heavy atom. The van der Waals surface area contributed by atoms with Gasteiger partial charge in [0.1, 0.15) is 11.6 Å². The molecule has 0 aliphatic rings. The third-order valence-electron chi connectivity index (χ3n) is 2.13. The lowest BCUT2D eigenvalue weighted by atomic mass is 10.2. The zero-order valence-electron chi connectivity index (χ0n) is 8.88. The Labute approximate surface area is 98.3 Å². The second-order valence-electron chi connectivity index (χ2n) is 3.39. The standard InChI is InChI=1S/C11H15BrN2O/c1-3-7(2)15-10-5-4-8(12)6-9(10)11(13)14/h4-7H,3H2,1-2H3,(H3,13,14). The van der Waals surface area contributed by atoms with Gasteiger partial charge in [-0.25, -0.2) is 0 Å². The number of amidine groups is 1. The van der Waals surface area contributed by atoms with Crippen molar-refractivity contribution in [2.45, 2.75) is 26.4 Å². The van der Waals surface area contributed by atoms with E-state index in [0.717, 1.165) is 10.9 Å². The Morgan fingerprint density at radius 2 is 2.27 bits per heavy atom. The highest BCUT2D eigenvalue weighted by molar-refractivity contribution is 9.10. The lowest BCUT2D eigenvalue weighted by molar-refractivity contribution is 0.217. The number of nitrogens with two attached hydrogens (primary N) is 1. The molecule has 1 aromatic rings. The molecule has 0 bridgehead atoms. The molecule has 0 saturated heterocycles. The number of nitrogen functional groups attached to an aromatic ring is 1. The zero-order valence-corrected chi connectivity index (χ0v) is 10.5. The number of rotatable bonds is 4. The molecule has 0 spiro atoms. The van der Waals surface area contributed by atoms with Gasteiger partial charge in [0, 0.05) is 4.47 Å². The Kier molecular flexibility index (Phi) is 4.15. The molecule has 3 N–H and O–H groups in total. The molecule has 4 heteroatoms. The first-order valence-electron chi connectivity index (χ1n) is 4.85. The molecule has 1 atom stereocenters. The van der Waals surface area contributed by atoms with E-state index in [1.54, 1.807) is 6.07 Å². The van der Waals surface area contributed by atoms with Crippen LogP contribution in [-0.4, -0.2) is 11.9 Å². The van der Waals surface area contributed by atoms with Gasteiger partial charge in [-0.15, -0.1) is 0 Å². The second kappa shape index (κ2) is 5.16. The molecule has 0 radical (unpaired) electrons. The minimum atomic E-state index is 0.0228. The smallest absolute Gasteiger partial charge is 0.130 e. The molecule has 0 amide bonds. The summed E-state index contributed by atoms with van der Waals surface area (Å²) in [5.74, 6) is 0.689. The second-order valence-corrected chi connectivity index (χ2v) is 4.31. The molecule has 3 nitrogen and oxygen atoms in total. The third-order valence-corrected chi connectivity index (χ3v) is 2.63. The van der Waals surface area contributed by atoms with Crippen molar-refractivity contribution in [3.05, 3.63) is 28.2 Å². The minimum absolute atomic E-state index is 0.0228. The molecule has 0 fully saturated rings. The molecule has 1 aromatic carbocycles. The molecule has 1 rings (SSSR count). The highest BCUT2D eigenvalue weighted by atomic mass is 79.9. The van der Waals surface area contributed by atoms with Crippen LogP contribution in [0, 0.1) is 5.41 Å². The van der Waals surface area contributed by atoms with Crippen LogP contribution in [0.1, 0.15) is 25.8 Å². The molecule has 82 valence electrons. The number of hydrogen-bond donors (Lipinski definition) is 2. The van der Waals surface area contributed by atoms with Crippen molar-refractivity contribution >= 4 is 21.8 Å². The maximum atomic E-state index is 7.45. The van der Waals surface area contributed by atoms with Crippen molar-refractivity contribution in [1.29, 1.82) is 5.41 Å². The van der Waals surface area contributed by atoms with E-state index in [9.17, 15) is 0 Å². The first-order chi connectivity index (χ1) is 7.04. The van der Waals surface area contributed by atoms with E-state index in [1.165, 1.54) is 0 Å². The molecule has 0 aromatic heterocycles. The molecule has 1 unspecified atom stereocenters. The number of hydrogen-bond acceptors (Lipinski definition) is 2. The lowest BCUT2D eigenvalue weighted by Crippen LogP contribution is -2.16. The summed E-state index contributed by atoms with van der Waals surface area (Å²) in [6.45, 7) is 4.04. The number of halogens is 1. The quantitative estimate of drug-likeness (QED) is 0.653. The van der Waals surface area contributed by atoms with E-state index in [4.69, 9.17) is 15.9 Å². The van der Waals surface area contributed by atoms with E-state index in [1.807, 2.05) is 19.1 Å². The number of nitrogens with one attached hydrogen (secondary N) is 1. The summed E-state index contributed by atoms with van der Waals surface area (Å²) in [5, 5.41) is 7.45. The van der Waals surface area contributed by atoms with Gasteiger partial charge >= 0.3 is 0 Å². The molecule has 0 heterocycles. The largest absolute Gasteiger partial charge is 0.490 e. The summed E-state index contributed by atoms with van der Waals surface area (Å²) in [7, 11) is 0. The van der Waals surface area contributed by atoms with Gasteiger partial charge in [-0.3, -0.25) is 5.41 Å². The predicted octanol–water partition coefficient (Wildman–Crippen LogP) is 2.91. The Hall–Kier alpha value is -1.03. The monoisotopic (exact) mass is 270 g/mol. The van der Waals surface area contributed by atoms with E-state index in [-0.39, 0.29) is 11.9 Å². The van der Waals surface area contributed by atoms with Crippen LogP contribution >= 0.6 is 15.9 Å². The van der Waals surface area contributed by atoms with Crippen molar-refractivity contribution in [1.82, 2.24) is 0 Å². The predicted molar refractivity (Wildman–Crippen MR) is 65.5 cm³/mol. The Balaban J connectivity index is 3.01. The van der Waals surface area contributed by atoms with Crippen LogP contribution in [0.25, 0.3) is 0 Å². The van der Waals surface area contributed by atoms with Crippen LogP contribution in [0.4, 0.5) is 0 Å². The van der Waals surface area contributed by atoms with Crippen LogP contribution in [-0.2, 0) is 0 Å². The SMILES string of the molecule is CCC(C)Oc1ccc(Br)cc1C(=N)N. The molecule has 0 aliphatic heterocycles. The van der Waals surface area contributed by atoms with Gasteiger partial charge in [-0.05, 0) is 31.5 Å². The average Bonchev–Trinajstić information content (AvgIpc) is 2.20. The normalized spacial score (nSPS) is 12.2. The van der Waals surface area contributed by atoms with Crippen LogP contribution in [0.3, 0.4) is 0 Å². The topological polar surface area (TPSA) is 59.1 Å². The summed E-state index contributed by atoms with van der Waals surface area (Å²) < 4.78 is 6.56. The van der Waals surface area contributed by atoms with Crippen LogP contribution in [0.15, 0.2) is 22.7 Å². The highest BCUT2D eigenvalue weighted by Crippen LogP contribution is 2.24. The van der Waals surface area contributed by atoms with Crippen molar-refractivity contribution < 1.29 is 4.74 Å². The Morgan fingerprint density at radius 1 is 1.60 bits per heavy atom. The number of ether oxygens (including phenoxy) is 1. The minimum Gasteiger partial charge on any atom is -0.490 e. The van der Waals surface area contributed by atoms with Crippen molar-refractivity contribution in [3.8, 4) is 5.75 Å². The summed E-state index contributed by atoms with van der Waals surface area (Å²) in [6, 6.07) is 5.50. The van der Waals surface area contributed by atoms with Crippen LogP contribution < -0.4 is 10.5 Å². The summed E-state index contributed by atoms with van der Waals surface area (Å²) in [4.78, 5) is 0. The van der Waals surface area contributed by atoms with E-state index in [2.05, 4.69) is 22.9 Å². The first-order valence-corrected chi connectivity index (χ1v) is 5.64. The van der Waals surface area contributed by atoms with Gasteiger partial charge in [-0.2, -0.15) is 0 Å². The van der Waals surface area contributed by atoms with Gasteiger partial charge in [-0.1, -0.05) is 22.9 Å². The van der Waals surface area contributed by atoms with Gasteiger partial charge < -0.3 is 10.5 Å². The van der Waals surface area contributed by atoms with E-state index >= 15 is 0 Å². The maximum absolute atomic E-state index is 7.45. The highest BCUT2D eigenvalue weighted by Gasteiger charge is 2.09. The van der Waals surface area contributed by atoms with Gasteiger partial charge in [0.25, 0.3) is 0 Å². The average molecular weight is 271 g/mol. The van der Waals surface area contributed by atoms with Gasteiger partial charge in [0.05, 0.1) is 11.7 Å². The van der Waals surface area contributed by atoms with Gasteiger partial charge in [0.2, 0.25) is 0 Å². The molecule has 0 saturated carbocycles. The fraction of sp³-hybridized carbons (Fsp3) is 0.364. The summed E-state index contributed by atoms with van der Waals surface area (Å²) in [5.41, 5.74) is 6.11. The summed E-state index contributed by atoms with van der Waals surface area (Å²) in [6.07, 6.45) is 1.05. The molecule has 0 aliphatic carbocycles. The maximum Gasteiger partial charge on any atom is 0.130 e. The van der Waals surface area contributed by atoms with Crippen molar-refractivity contribution in [2.24, 2.45) is 5.73 Å². The number of benzene rings is 1. The molecular formula is C11H15BrN2O. The van der Waals surface area contributed by atoms with Crippen LogP contribution in [0.5, 0.6) is 5.75 Å². The third kappa shape index (κ3) is 3.23. The van der Waals surface area contributed by atoms with Crippen molar-refractivity contribution in [3.63, 3.8) is 0 Å². The first kappa shape index (κ1) is 12.0. The van der Waals surface area contributed by atoms with E-state index in [0.29, 0.717) is 11.3 Å². The zero-order chi connectivity index (χ0) is 11.4. The summed E-state index contributed by atoms with van der Waals surface area (Å²) >= 11 is 3.34. The molecular weight excluding hydrogens is 256 g/mol. The lowest BCUT2D eigenvalue weighted by Gasteiger charge is -2.15. The fourth-order valence-corrected chi connectivity index (χ4v) is 1.48. The van der Waals surface area contributed by atoms with Gasteiger partial charge in [0.15, 0.2) is 0 Å². The Bertz CT molecular complexity index is 366. The fourth-order valence-electron chi connectivity index (χ4n) is 1.12. The molecule has 15 heavy (non-hydrogen) atoms. The van der Waals surface area contributed by atoms with Crippen LogP contribution in [0.2, 0.25) is 0 Å². The van der Waals surface area contributed by atoms with Crippen molar-refractivity contribution in [2.75, 3.05) is 0 Å². The van der Waals surface area contributed by atoms with E-state index < -0.39 is 0 Å².